The van der Waals surface area contributed by atoms with Crippen molar-refractivity contribution < 1.29 is 23.1 Å². The van der Waals surface area contributed by atoms with Crippen LogP contribution in [0.3, 0.4) is 0 Å². The minimum atomic E-state index is -2.83. The molecule has 5 rings (SSSR count). The zero-order valence-corrected chi connectivity index (χ0v) is 19.7. The number of pyridine rings is 2. The van der Waals surface area contributed by atoms with E-state index in [9.17, 15) is 18.4 Å². The number of hydrogen-bond donors (Lipinski definition) is 1. The molecule has 35 heavy (non-hydrogen) atoms. The number of hydrogen-bond acceptors (Lipinski definition) is 9. The average molecular weight is 502 g/mol. The van der Waals surface area contributed by atoms with Gasteiger partial charge in [-0.1, -0.05) is 11.3 Å². The lowest BCUT2D eigenvalue weighted by atomic mass is 9.99. The molecule has 0 bridgehead atoms. The Hall–Kier alpha value is -3.58. The van der Waals surface area contributed by atoms with E-state index in [2.05, 4.69) is 30.4 Å². The number of likely N-dealkylation sites (N-methyl/N-ethyl adjacent to an activating group) is 1. The Morgan fingerprint density at radius 1 is 1.20 bits per heavy atom. The van der Waals surface area contributed by atoms with Crippen LogP contribution in [0.4, 0.5) is 19.7 Å². The molecular formula is C22H21F2N7O3S. The number of nitrogens with zero attached hydrogens (tertiary/aromatic N) is 6. The highest BCUT2D eigenvalue weighted by Crippen LogP contribution is 2.45. The molecule has 182 valence electrons. The van der Waals surface area contributed by atoms with E-state index in [1.807, 2.05) is 7.05 Å². The molecule has 3 aromatic heterocycles. The van der Waals surface area contributed by atoms with E-state index < -0.39 is 23.6 Å². The Balaban J connectivity index is 1.62. The lowest BCUT2D eigenvalue weighted by Gasteiger charge is -2.38. The number of carbonyl (C=O) groups excluding carboxylic acids is 2. The topological polar surface area (TPSA) is 113 Å². The number of nitrogens with one attached hydrogen (secondary N) is 1. The van der Waals surface area contributed by atoms with E-state index in [-0.39, 0.29) is 33.5 Å². The molecule has 0 atom stereocenters. The summed E-state index contributed by atoms with van der Waals surface area (Å²) >= 11 is 1.13. The van der Waals surface area contributed by atoms with Crippen LogP contribution >= 0.6 is 11.3 Å². The summed E-state index contributed by atoms with van der Waals surface area (Å²) in [4.78, 5) is 38.2. The molecule has 1 saturated heterocycles. The van der Waals surface area contributed by atoms with Crippen LogP contribution in [0.15, 0.2) is 30.0 Å². The molecule has 1 saturated carbocycles. The van der Waals surface area contributed by atoms with Gasteiger partial charge in [0.15, 0.2) is 0 Å². The molecule has 2 fully saturated rings. The summed E-state index contributed by atoms with van der Waals surface area (Å²) in [6.07, 6.45) is 1.22. The van der Waals surface area contributed by atoms with Crippen molar-refractivity contribution in [2.24, 2.45) is 0 Å². The summed E-state index contributed by atoms with van der Waals surface area (Å²) in [6.45, 7) is 1.08. The van der Waals surface area contributed by atoms with Crippen LogP contribution in [0.25, 0.3) is 11.1 Å². The molecule has 13 heteroatoms. The molecule has 0 aromatic carbocycles. The Morgan fingerprint density at radius 2 is 2.00 bits per heavy atom. The summed E-state index contributed by atoms with van der Waals surface area (Å²) in [5.41, 5.74) is 1.07. The molecule has 2 amide bonds. The summed E-state index contributed by atoms with van der Waals surface area (Å²) in [7, 11) is 3.31. The highest BCUT2D eigenvalue weighted by Gasteiger charge is 2.57. The van der Waals surface area contributed by atoms with E-state index >= 15 is 0 Å². The normalized spacial score (nSPS) is 17.2. The summed E-state index contributed by atoms with van der Waals surface area (Å²) in [5, 5.41) is 10.4. The quantitative estimate of drug-likeness (QED) is 0.549. The highest BCUT2D eigenvalue weighted by molar-refractivity contribution is 7.13. The molecule has 1 N–H and O–H groups in total. The Labute approximate surface area is 203 Å². The molecule has 0 radical (unpaired) electrons. The first-order valence-corrected chi connectivity index (χ1v) is 11.7. The molecule has 1 aliphatic heterocycles. The summed E-state index contributed by atoms with van der Waals surface area (Å²) in [6, 6.07) is 2.74. The van der Waals surface area contributed by atoms with Crippen molar-refractivity contribution in [1.82, 2.24) is 25.1 Å². The van der Waals surface area contributed by atoms with Crippen molar-refractivity contribution >= 4 is 34.1 Å². The number of anilines is 2. The number of ether oxygens (including phenoxy) is 1. The van der Waals surface area contributed by atoms with Gasteiger partial charge >= 0.3 is 0 Å². The van der Waals surface area contributed by atoms with E-state index in [0.717, 1.165) is 24.2 Å². The van der Waals surface area contributed by atoms with Gasteiger partial charge in [-0.2, -0.15) is 0 Å². The summed E-state index contributed by atoms with van der Waals surface area (Å²) in [5.74, 6) is -0.100. The zero-order chi connectivity index (χ0) is 24.7. The van der Waals surface area contributed by atoms with Gasteiger partial charge in [-0.15, -0.1) is 10.2 Å². The van der Waals surface area contributed by atoms with Crippen LogP contribution in [0.2, 0.25) is 0 Å². The third-order valence-corrected chi connectivity index (χ3v) is 6.98. The first kappa shape index (κ1) is 23.2. The van der Waals surface area contributed by atoms with Crippen molar-refractivity contribution in [1.29, 1.82) is 0 Å². The maximum atomic E-state index is 13.5. The minimum Gasteiger partial charge on any atom is -0.494 e. The Morgan fingerprint density at radius 3 is 2.66 bits per heavy atom. The van der Waals surface area contributed by atoms with Crippen molar-refractivity contribution in [3.63, 3.8) is 0 Å². The van der Waals surface area contributed by atoms with E-state index in [1.165, 1.54) is 31.1 Å². The SMILES string of the molecule is COc1cnc(C(F)F)cc1-c1cc(N2CCN(C)C3(CC3)C2=O)ncc1C(=O)Nc1nncs1. The molecule has 1 spiro atoms. The Kier molecular flexibility index (Phi) is 5.89. The van der Waals surface area contributed by atoms with Gasteiger partial charge in [0.05, 0.1) is 18.9 Å². The number of piperazine rings is 1. The van der Waals surface area contributed by atoms with Crippen LogP contribution < -0.4 is 15.0 Å². The number of carbonyl (C=O) groups is 2. The van der Waals surface area contributed by atoms with Gasteiger partial charge in [-0.05, 0) is 32.0 Å². The molecule has 1 aliphatic carbocycles. The van der Waals surface area contributed by atoms with Crippen LogP contribution in [-0.4, -0.2) is 69.7 Å². The fraction of sp³-hybridized carbons (Fsp3) is 0.364. The van der Waals surface area contributed by atoms with Crippen molar-refractivity contribution in [3.05, 3.63) is 41.3 Å². The minimum absolute atomic E-state index is 0.0641. The van der Waals surface area contributed by atoms with Gasteiger partial charge in [0.1, 0.15) is 28.3 Å². The predicted molar refractivity (Wildman–Crippen MR) is 124 cm³/mol. The maximum Gasteiger partial charge on any atom is 0.280 e. The fourth-order valence-electron chi connectivity index (χ4n) is 4.25. The molecule has 3 aromatic rings. The van der Waals surface area contributed by atoms with Gasteiger partial charge in [0.2, 0.25) is 11.0 Å². The molecule has 4 heterocycles. The largest absolute Gasteiger partial charge is 0.494 e. The van der Waals surface area contributed by atoms with Crippen molar-refractivity contribution in [3.8, 4) is 16.9 Å². The first-order chi connectivity index (χ1) is 16.8. The van der Waals surface area contributed by atoms with Crippen molar-refractivity contribution in [2.45, 2.75) is 24.8 Å². The van der Waals surface area contributed by atoms with Gasteiger partial charge in [-0.3, -0.25) is 29.7 Å². The molecule has 2 aliphatic rings. The molecular weight excluding hydrogens is 480 g/mol. The predicted octanol–water partition coefficient (Wildman–Crippen LogP) is 3.00. The van der Waals surface area contributed by atoms with E-state index in [1.54, 1.807) is 11.0 Å². The van der Waals surface area contributed by atoms with Crippen LogP contribution in [0.5, 0.6) is 5.75 Å². The lowest BCUT2D eigenvalue weighted by molar-refractivity contribution is -0.126. The lowest BCUT2D eigenvalue weighted by Crippen LogP contribution is -2.57. The third kappa shape index (κ3) is 4.10. The highest BCUT2D eigenvalue weighted by atomic mass is 32.1. The van der Waals surface area contributed by atoms with Gasteiger partial charge < -0.3 is 4.74 Å². The number of alkyl halides is 2. The Bertz CT molecular complexity index is 1280. The standard InChI is InChI=1S/C22H21F2N7O3S/c1-30-5-6-31(20(33)22(30)3-4-22)17-8-12(13-7-15(18(23)24)25-10-16(13)34-2)14(9-26-17)19(32)28-21-29-27-11-35-21/h7-11,18H,3-6H2,1-2H3,(H,28,29,32). The average Bonchev–Trinajstić information content (AvgIpc) is 3.51. The second-order valence-corrected chi connectivity index (χ2v) is 9.14. The zero-order valence-electron chi connectivity index (χ0n) is 18.9. The van der Waals surface area contributed by atoms with Crippen LogP contribution in [-0.2, 0) is 4.79 Å². The first-order valence-electron chi connectivity index (χ1n) is 10.8. The third-order valence-electron chi connectivity index (χ3n) is 6.37. The van der Waals surface area contributed by atoms with Gasteiger partial charge in [0.25, 0.3) is 12.3 Å². The monoisotopic (exact) mass is 501 g/mol. The summed E-state index contributed by atoms with van der Waals surface area (Å²) < 4.78 is 32.4. The number of amides is 2. The smallest absolute Gasteiger partial charge is 0.280 e. The van der Waals surface area contributed by atoms with Crippen molar-refractivity contribution in [2.75, 3.05) is 37.5 Å². The van der Waals surface area contributed by atoms with Crippen LogP contribution in [0.1, 0.15) is 35.3 Å². The second-order valence-electron chi connectivity index (χ2n) is 8.31. The van der Waals surface area contributed by atoms with Crippen LogP contribution in [0, 0.1) is 0 Å². The maximum absolute atomic E-state index is 13.5. The number of rotatable bonds is 6. The number of methoxy groups -OCH3 is 1. The second kappa shape index (κ2) is 8.89. The number of halogens is 2. The van der Waals surface area contributed by atoms with Gasteiger partial charge in [0, 0.05) is 30.4 Å². The van der Waals surface area contributed by atoms with Gasteiger partial charge in [-0.25, -0.2) is 13.8 Å². The molecule has 0 unspecified atom stereocenters. The van der Waals surface area contributed by atoms with E-state index in [4.69, 9.17) is 4.74 Å². The fourth-order valence-corrected chi connectivity index (χ4v) is 4.69. The molecule has 10 nitrogen and oxygen atoms in total. The number of aromatic nitrogens is 4. The van der Waals surface area contributed by atoms with E-state index in [0.29, 0.717) is 18.9 Å².